The van der Waals surface area contributed by atoms with Crippen LogP contribution in [0.1, 0.15) is 0 Å². The van der Waals surface area contributed by atoms with Crippen molar-refractivity contribution >= 4 is 5.52 Å². The lowest BCUT2D eigenvalue weighted by Crippen LogP contribution is -1.98. The molecular weight excluding hydrogens is 368 g/mol. The molecule has 0 fully saturated rings. The molecule has 4 aromatic rings. The number of aromatic nitrogens is 2. The molecule has 0 aliphatic carbocycles. The van der Waals surface area contributed by atoms with Crippen LogP contribution in [0, 0.1) is 0 Å². The quantitative estimate of drug-likeness (QED) is 0.478. The van der Waals surface area contributed by atoms with E-state index in [-0.39, 0.29) is 0 Å². The molecule has 2 aromatic carbocycles. The molecule has 0 aliphatic heterocycles. The summed E-state index contributed by atoms with van der Waals surface area (Å²) < 4.78 is 23.8. The molecule has 0 radical (unpaired) electrons. The van der Waals surface area contributed by atoms with Gasteiger partial charge in [0.15, 0.2) is 11.5 Å². The Balaban J connectivity index is 1.92. The van der Waals surface area contributed by atoms with E-state index in [1.807, 2.05) is 60.9 Å². The Hall–Kier alpha value is -3.67. The molecule has 0 N–H and O–H groups in total. The van der Waals surface area contributed by atoms with Gasteiger partial charge in [-0.15, -0.1) is 0 Å². The third kappa shape index (κ3) is 3.33. The van der Waals surface area contributed by atoms with E-state index < -0.39 is 0 Å². The van der Waals surface area contributed by atoms with Gasteiger partial charge in [-0.25, -0.2) is 4.98 Å². The molecule has 29 heavy (non-hydrogen) atoms. The second kappa shape index (κ2) is 7.75. The maximum Gasteiger partial charge on any atom is 0.203 e. The number of nitrogens with zero attached hydrogens (tertiary/aromatic N) is 2. The summed E-state index contributed by atoms with van der Waals surface area (Å²) in [6.45, 7) is 0. The van der Waals surface area contributed by atoms with Crippen molar-refractivity contribution in [2.75, 3.05) is 28.4 Å². The van der Waals surface area contributed by atoms with Gasteiger partial charge in [-0.05, 0) is 48.5 Å². The van der Waals surface area contributed by atoms with Crippen LogP contribution >= 0.6 is 0 Å². The Morgan fingerprint density at radius 3 is 2.03 bits per heavy atom. The summed E-state index contributed by atoms with van der Waals surface area (Å²) in [5.74, 6) is 2.53. The van der Waals surface area contributed by atoms with E-state index in [1.165, 1.54) is 0 Å². The number of fused-ring (bicyclic) bond motifs is 1. The van der Waals surface area contributed by atoms with Gasteiger partial charge in [-0.3, -0.25) is 0 Å². The van der Waals surface area contributed by atoms with E-state index >= 15 is 0 Å². The predicted molar refractivity (Wildman–Crippen MR) is 112 cm³/mol. The highest BCUT2D eigenvalue weighted by Gasteiger charge is 2.17. The van der Waals surface area contributed by atoms with E-state index in [4.69, 9.17) is 23.9 Å². The molecule has 2 heterocycles. The lowest BCUT2D eigenvalue weighted by molar-refractivity contribution is 0.324. The zero-order valence-electron chi connectivity index (χ0n) is 16.8. The maximum atomic E-state index is 5.52. The molecule has 0 saturated heterocycles. The van der Waals surface area contributed by atoms with Gasteiger partial charge in [0.25, 0.3) is 0 Å². The van der Waals surface area contributed by atoms with Gasteiger partial charge in [0.1, 0.15) is 5.75 Å². The second-order valence-corrected chi connectivity index (χ2v) is 6.42. The first-order valence-electron chi connectivity index (χ1n) is 9.11. The molecule has 148 valence electrons. The van der Waals surface area contributed by atoms with Gasteiger partial charge in [0.05, 0.1) is 45.3 Å². The fourth-order valence-corrected chi connectivity index (χ4v) is 3.38. The maximum absolute atomic E-state index is 5.52. The fraction of sp³-hybridized carbons (Fsp3) is 0.174. The number of hydrogen-bond acceptors (Lipinski definition) is 5. The summed E-state index contributed by atoms with van der Waals surface area (Å²) in [6.07, 6.45) is 4.02. The van der Waals surface area contributed by atoms with Gasteiger partial charge in [-0.2, -0.15) is 0 Å². The molecular formula is C23H22N2O4. The first-order chi connectivity index (χ1) is 14.2. The molecule has 0 atom stereocenters. The summed E-state index contributed by atoms with van der Waals surface area (Å²) in [6, 6.07) is 15.7. The van der Waals surface area contributed by atoms with Crippen LogP contribution < -0.4 is 18.9 Å². The van der Waals surface area contributed by atoms with E-state index in [0.717, 1.165) is 33.8 Å². The number of hydrogen-bond donors (Lipinski definition) is 0. The van der Waals surface area contributed by atoms with E-state index in [1.54, 1.807) is 28.4 Å². The molecule has 6 heteroatoms. The Labute approximate surface area is 169 Å². The van der Waals surface area contributed by atoms with Crippen molar-refractivity contribution in [1.82, 2.24) is 9.38 Å². The summed E-state index contributed by atoms with van der Waals surface area (Å²) in [4.78, 5) is 4.96. The Bertz CT molecular complexity index is 1120. The standard InChI is InChI=1S/C23H22N2O4/c1-26-17-9-7-15(8-10-17)18-14-25-11-5-6-19(25)22(24-18)16-12-20(27-2)23(29-4)21(13-16)28-3/h5-14H,1-4H3. The molecule has 0 aliphatic rings. The molecule has 6 nitrogen and oxygen atoms in total. The molecule has 0 spiro atoms. The molecule has 0 saturated carbocycles. The Morgan fingerprint density at radius 2 is 1.45 bits per heavy atom. The van der Waals surface area contributed by atoms with Crippen molar-refractivity contribution in [1.29, 1.82) is 0 Å². The second-order valence-electron chi connectivity index (χ2n) is 6.42. The number of benzene rings is 2. The first-order valence-corrected chi connectivity index (χ1v) is 9.11. The van der Waals surface area contributed by atoms with Crippen molar-refractivity contribution in [2.45, 2.75) is 0 Å². The van der Waals surface area contributed by atoms with Crippen molar-refractivity contribution < 1.29 is 18.9 Å². The highest BCUT2D eigenvalue weighted by atomic mass is 16.5. The van der Waals surface area contributed by atoms with Gasteiger partial charge in [0.2, 0.25) is 5.75 Å². The van der Waals surface area contributed by atoms with Crippen molar-refractivity contribution in [3.05, 3.63) is 60.9 Å². The summed E-state index contributed by atoms with van der Waals surface area (Å²) in [7, 11) is 6.46. The van der Waals surface area contributed by atoms with Crippen LogP contribution in [-0.4, -0.2) is 37.8 Å². The van der Waals surface area contributed by atoms with Crippen LogP contribution in [0.5, 0.6) is 23.0 Å². The molecule has 0 amide bonds. The lowest BCUT2D eigenvalue weighted by Gasteiger charge is -2.15. The number of methoxy groups -OCH3 is 4. The Kier molecular flexibility index (Phi) is 4.99. The highest BCUT2D eigenvalue weighted by Crippen LogP contribution is 2.42. The Morgan fingerprint density at radius 1 is 0.759 bits per heavy atom. The van der Waals surface area contributed by atoms with Crippen LogP contribution in [0.15, 0.2) is 60.9 Å². The van der Waals surface area contributed by atoms with E-state index in [2.05, 4.69) is 4.40 Å². The third-order valence-electron chi connectivity index (χ3n) is 4.84. The average molecular weight is 390 g/mol. The van der Waals surface area contributed by atoms with Crippen LogP contribution in [0.4, 0.5) is 0 Å². The van der Waals surface area contributed by atoms with Crippen LogP contribution in [-0.2, 0) is 0 Å². The fourth-order valence-electron chi connectivity index (χ4n) is 3.38. The normalized spacial score (nSPS) is 10.8. The van der Waals surface area contributed by atoms with Gasteiger partial charge in [-0.1, -0.05) is 0 Å². The largest absolute Gasteiger partial charge is 0.497 e. The third-order valence-corrected chi connectivity index (χ3v) is 4.84. The monoisotopic (exact) mass is 390 g/mol. The topological polar surface area (TPSA) is 54.2 Å². The molecule has 2 aromatic heterocycles. The number of rotatable bonds is 6. The van der Waals surface area contributed by atoms with Crippen molar-refractivity contribution in [3.63, 3.8) is 0 Å². The number of ether oxygens (including phenoxy) is 4. The minimum absolute atomic E-state index is 0.552. The van der Waals surface area contributed by atoms with E-state index in [0.29, 0.717) is 17.2 Å². The smallest absolute Gasteiger partial charge is 0.203 e. The molecule has 4 rings (SSSR count). The minimum atomic E-state index is 0.552. The van der Waals surface area contributed by atoms with Crippen LogP contribution in [0.25, 0.3) is 28.0 Å². The minimum Gasteiger partial charge on any atom is -0.497 e. The zero-order chi connectivity index (χ0) is 20.4. The summed E-state index contributed by atoms with van der Waals surface area (Å²) in [5, 5.41) is 0. The van der Waals surface area contributed by atoms with Crippen LogP contribution in [0.2, 0.25) is 0 Å². The zero-order valence-corrected chi connectivity index (χ0v) is 16.8. The van der Waals surface area contributed by atoms with Gasteiger partial charge < -0.3 is 23.3 Å². The van der Waals surface area contributed by atoms with E-state index in [9.17, 15) is 0 Å². The SMILES string of the molecule is COc1ccc(-c2cn3cccc3c(-c3cc(OC)c(OC)c(OC)c3)n2)cc1. The highest BCUT2D eigenvalue weighted by molar-refractivity contribution is 5.82. The average Bonchev–Trinajstić information content (AvgIpc) is 3.26. The van der Waals surface area contributed by atoms with Crippen molar-refractivity contribution in [3.8, 4) is 45.5 Å². The first kappa shape index (κ1) is 18.7. The summed E-state index contributed by atoms with van der Waals surface area (Å²) >= 11 is 0. The molecule has 0 unspecified atom stereocenters. The summed E-state index contributed by atoms with van der Waals surface area (Å²) in [5.41, 5.74) is 4.52. The lowest BCUT2D eigenvalue weighted by atomic mass is 10.1. The predicted octanol–water partition coefficient (Wildman–Crippen LogP) is 4.70. The van der Waals surface area contributed by atoms with Crippen molar-refractivity contribution in [2.24, 2.45) is 0 Å². The van der Waals surface area contributed by atoms with Gasteiger partial charge >= 0.3 is 0 Å². The molecule has 0 bridgehead atoms. The van der Waals surface area contributed by atoms with Crippen LogP contribution in [0.3, 0.4) is 0 Å². The van der Waals surface area contributed by atoms with Gasteiger partial charge in [0, 0.05) is 23.5 Å².